The third-order valence-corrected chi connectivity index (χ3v) is 2.24. The Kier molecular flexibility index (Phi) is 10.9. The molecule has 0 amide bonds. The van der Waals surface area contributed by atoms with Crippen LogP contribution in [0.3, 0.4) is 0 Å². The fourth-order valence-corrected chi connectivity index (χ4v) is 1.07. The van der Waals surface area contributed by atoms with Gasteiger partial charge in [-0.3, -0.25) is 0 Å². The molecule has 0 N–H and O–H groups in total. The van der Waals surface area contributed by atoms with Gasteiger partial charge in [-0.25, -0.2) is 0 Å². The first kappa shape index (κ1) is 14.5. The van der Waals surface area contributed by atoms with Gasteiger partial charge in [-0.15, -0.1) is 0 Å². The molecule has 1 atom stereocenters. The van der Waals surface area contributed by atoms with Gasteiger partial charge in [0, 0.05) is 6.04 Å². The van der Waals surface area contributed by atoms with Crippen LogP contribution in [0.2, 0.25) is 0 Å². The van der Waals surface area contributed by atoms with Crippen LogP contribution in [-0.2, 0) is 0 Å². The molecule has 0 rings (SSSR count). The van der Waals surface area contributed by atoms with Gasteiger partial charge in [0.15, 0.2) is 0 Å². The third kappa shape index (κ3) is 6.66. The zero-order chi connectivity index (χ0) is 10.1. The monoisotopic (exact) mass is 173 g/mol. The van der Waals surface area contributed by atoms with Gasteiger partial charge in [0.2, 0.25) is 0 Å². The first-order valence-corrected chi connectivity index (χ1v) is 5.29. The summed E-state index contributed by atoms with van der Waals surface area (Å²) in [6.07, 6.45) is 1.26. The van der Waals surface area contributed by atoms with E-state index in [4.69, 9.17) is 0 Å². The molecule has 1 nitrogen and oxygen atoms in total. The maximum absolute atomic E-state index is 2.42. The Morgan fingerprint density at radius 1 is 1.08 bits per heavy atom. The van der Waals surface area contributed by atoms with Crippen LogP contribution >= 0.6 is 0 Å². The summed E-state index contributed by atoms with van der Waals surface area (Å²) >= 11 is 0. The van der Waals surface area contributed by atoms with Crippen LogP contribution in [0.25, 0.3) is 0 Å². The highest BCUT2D eigenvalue weighted by Gasteiger charge is 2.10. The lowest BCUT2D eigenvalue weighted by Gasteiger charge is -2.27. The minimum Gasteiger partial charge on any atom is -0.303 e. The van der Waals surface area contributed by atoms with E-state index in [2.05, 4.69) is 39.6 Å². The van der Waals surface area contributed by atoms with E-state index in [9.17, 15) is 0 Å². The molecule has 0 aromatic rings. The minimum atomic E-state index is 0.722. The largest absolute Gasteiger partial charge is 0.303 e. The Labute approximate surface area is 79.2 Å². The Morgan fingerprint density at radius 3 is 1.75 bits per heavy atom. The lowest BCUT2D eigenvalue weighted by atomic mass is 10.1. The summed E-state index contributed by atoms with van der Waals surface area (Å²) in [4.78, 5) is 2.42. The first-order valence-electron chi connectivity index (χ1n) is 5.29. The molecule has 0 bridgehead atoms. The van der Waals surface area contributed by atoms with Crippen molar-refractivity contribution in [2.45, 2.75) is 54.0 Å². The SMILES string of the molecule is CC.CCCN(C)C(C)C(C)C. The summed E-state index contributed by atoms with van der Waals surface area (Å²) in [5.74, 6) is 0.775. The molecule has 0 spiro atoms. The van der Waals surface area contributed by atoms with Crippen LogP contribution in [0, 0.1) is 5.92 Å². The van der Waals surface area contributed by atoms with Gasteiger partial charge < -0.3 is 4.90 Å². The lowest BCUT2D eigenvalue weighted by Crippen LogP contribution is -2.33. The molecular weight excluding hydrogens is 146 g/mol. The number of hydrogen-bond acceptors (Lipinski definition) is 1. The smallest absolute Gasteiger partial charge is 0.00868 e. The topological polar surface area (TPSA) is 3.24 Å². The molecule has 0 heterocycles. The van der Waals surface area contributed by atoms with Crippen molar-refractivity contribution in [1.82, 2.24) is 4.90 Å². The maximum atomic E-state index is 2.42. The Morgan fingerprint density at radius 2 is 1.50 bits per heavy atom. The summed E-state index contributed by atoms with van der Waals surface area (Å²) in [7, 11) is 2.20. The van der Waals surface area contributed by atoms with E-state index in [1.807, 2.05) is 13.8 Å². The van der Waals surface area contributed by atoms with Crippen molar-refractivity contribution in [2.24, 2.45) is 5.92 Å². The van der Waals surface area contributed by atoms with Gasteiger partial charge in [-0.1, -0.05) is 34.6 Å². The molecular formula is C11H27N. The van der Waals surface area contributed by atoms with Gasteiger partial charge >= 0.3 is 0 Å². The standard InChI is InChI=1S/C9H21N.C2H6/c1-6-7-10(5)9(4)8(2)3;1-2/h8-9H,6-7H2,1-5H3;1-2H3. The van der Waals surface area contributed by atoms with E-state index in [0.29, 0.717) is 0 Å². The highest BCUT2D eigenvalue weighted by Crippen LogP contribution is 2.07. The van der Waals surface area contributed by atoms with E-state index in [-0.39, 0.29) is 0 Å². The van der Waals surface area contributed by atoms with Crippen LogP contribution in [0.15, 0.2) is 0 Å². The quantitative estimate of drug-likeness (QED) is 0.630. The zero-order valence-electron chi connectivity index (χ0n) is 10.0. The maximum Gasteiger partial charge on any atom is 0.00868 e. The van der Waals surface area contributed by atoms with Crippen LogP contribution in [0.4, 0.5) is 0 Å². The molecule has 0 aromatic carbocycles. The Hall–Kier alpha value is -0.0400. The molecule has 0 aliphatic rings. The average molecular weight is 173 g/mol. The van der Waals surface area contributed by atoms with Gasteiger partial charge in [-0.05, 0) is 32.9 Å². The first-order chi connectivity index (χ1) is 5.59. The van der Waals surface area contributed by atoms with Crippen LogP contribution in [0.1, 0.15) is 48.0 Å². The van der Waals surface area contributed by atoms with Crippen molar-refractivity contribution in [3.05, 3.63) is 0 Å². The number of hydrogen-bond donors (Lipinski definition) is 0. The molecule has 0 aliphatic carbocycles. The molecule has 12 heavy (non-hydrogen) atoms. The molecule has 1 unspecified atom stereocenters. The molecule has 0 aromatic heterocycles. The second-order valence-electron chi connectivity index (χ2n) is 3.47. The summed E-state index contributed by atoms with van der Waals surface area (Å²) in [5, 5.41) is 0. The van der Waals surface area contributed by atoms with Gasteiger partial charge in [0.25, 0.3) is 0 Å². The van der Waals surface area contributed by atoms with Crippen molar-refractivity contribution in [1.29, 1.82) is 0 Å². The van der Waals surface area contributed by atoms with Crippen molar-refractivity contribution >= 4 is 0 Å². The number of rotatable bonds is 4. The fourth-order valence-electron chi connectivity index (χ4n) is 1.07. The van der Waals surface area contributed by atoms with E-state index in [1.165, 1.54) is 13.0 Å². The molecule has 76 valence electrons. The van der Waals surface area contributed by atoms with Gasteiger partial charge in [0.05, 0.1) is 0 Å². The van der Waals surface area contributed by atoms with Crippen molar-refractivity contribution < 1.29 is 0 Å². The Balaban J connectivity index is 0. The summed E-state index contributed by atoms with van der Waals surface area (Å²) < 4.78 is 0. The summed E-state index contributed by atoms with van der Waals surface area (Å²) in [5.41, 5.74) is 0. The van der Waals surface area contributed by atoms with Crippen LogP contribution in [-0.4, -0.2) is 24.5 Å². The predicted molar refractivity (Wildman–Crippen MR) is 58.6 cm³/mol. The highest BCUT2D eigenvalue weighted by atomic mass is 15.1. The van der Waals surface area contributed by atoms with Gasteiger partial charge in [-0.2, -0.15) is 0 Å². The molecule has 0 aliphatic heterocycles. The molecule has 0 saturated heterocycles. The van der Waals surface area contributed by atoms with E-state index < -0.39 is 0 Å². The normalized spacial score (nSPS) is 12.8. The Bertz CT molecular complexity index is 79.1. The van der Waals surface area contributed by atoms with Crippen molar-refractivity contribution in [3.63, 3.8) is 0 Å². The van der Waals surface area contributed by atoms with Crippen LogP contribution in [0.5, 0.6) is 0 Å². The molecule has 1 heteroatoms. The lowest BCUT2D eigenvalue weighted by molar-refractivity contribution is 0.208. The fraction of sp³-hybridized carbons (Fsp3) is 1.00. The van der Waals surface area contributed by atoms with Gasteiger partial charge in [0.1, 0.15) is 0 Å². The van der Waals surface area contributed by atoms with Crippen molar-refractivity contribution in [2.75, 3.05) is 13.6 Å². The summed E-state index contributed by atoms with van der Waals surface area (Å²) in [6, 6.07) is 0.722. The van der Waals surface area contributed by atoms with Crippen molar-refractivity contribution in [3.8, 4) is 0 Å². The van der Waals surface area contributed by atoms with E-state index in [1.54, 1.807) is 0 Å². The molecule has 0 saturated carbocycles. The zero-order valence-corrected chi connectivity index (χ0v) is 10.0. The predicted octanol–water partition coefficient (Wildman–Crippen LogP) is 3.40. The molecule has 0 radical (unpaired) electrons. The second kappa shape index (κ2) is 9.05. The average Bonchev–Trinajstić information content (AvgIpc) is 2.07. The number of nitrogens with zero attached hydrogens (tertiary/aromatic N) is 1. The van der Waals surface area contributed by atoms with E-state index >= 15 is 0 Å². The second-order valence-corrected chi connectivity index (χ2v) is 3.47. The summed E-state index contributed by atoms with van der Waals surface area (Å²) in [6.45, 7) is 14.3. The van der Waals surface area contributed by atoms with Crippen LogP contribution < -0.4 is 0 Å². The van der Waals surface area contributed by atoms with E-state index in [0.717, 1.165) is 12.0 Å². The third-order valence-electron chi connectivity index (χ3n) is 2.24. The minimum absolute atomic E-state index is 0.722. The molecule has 0 fully saturated rings. The highest BCUT2D eigenvalue weighted by molar-refractivity contribution is 4.65.